The second-order valence-electron chi connectivity index (χ2n) is 6.84. The predicted octanol–water partition coefficient (Wildman–Crippen LogP) is 5.23. The van der Waals surface area contributed by atoms with Crippen molar-refractivity contribution in [1.29, 1.82) is 0 Å². The molecule has 0 radical (unpaired) electrons. The minimum absolute atomic E-state index is 0.0391. The zero-order chi connectivity index (χ0) is 18.5. The third kappa shape index (κ3) is 4.28. The van der Waals surface area contributed by atoms with E-state index in [-0.39, 0.29) is 6.03 Å². The van der Waals surface area contributed by atoms with Crippen molar-refractivity contribution in [2.24, 2.45) is 0 Å². The van der Waals surface area contributed by atoms with Crippen molar-refractivity contribution in [3.05, 3.63) is 83.9 Å². The number of amides is 2. The lowest BCUT2D eigenvalue weighted by molar-refractivity contribution is 0.200. The number of nitrogens with one attached hydrogen (secondary N) is 1. The van der Waals surface area contributed by atoms with E-state index in [1.165, 1.54) is 16.3 Å². The number of urea groups is 1. The van der Waals surface area contributed by atoms with E-state index in [2.05, 4.69) is 66.0 Å². The first kappa shape index (κ1) is 17.9. The molecular weight excluding hydrogens is 352 g/mol. The number of carbonyl (C=O) groups is 1. The molecule has 3 aromatic carbocycles. The second-order valence-corrected chi connectivity index (χ2v) is 8.15. The van der Waals surface area contributed by atoms with E-state index < -0.39 is 0 Å². The third-order valence-corrected chi connectivity index (χ3v) is 6.44. The van der Waals surface area contributed by atoms with Gasteiger partial charge >= 0.3 is 6.03 Å². The summed E-state index contributed by atoms with van der Waals surface area (Å²) in [6.07, 6.45) is 0.996. The van der Waals surface area contributed by atoms with Gasteiger partial charge in [0.05, 0.1) is 0 Å². The van der Waals surface area contributed by atoms with E-state index in [1.54, 1.807) is 0 Å². The molecule has 1 atom stereocenters. The van der Waals surface area contributed by atoms with Crippen LogP contribution in [0.3, 0.4) is 0 Å². The van der Waals surface area contributed by atoms with Crippen LogP contribution in [0.5, 0.6) is 0 Å². The van der Waals surface area contributed by atoms with Gasteiger partial charge < -0.3 is 10.2 Å². The molecule has 1 unspecified atom stereocenters. The summed E-state index contributed by atoms with van der Waals surface area (Å²) in [5.41, 5.74) is 2.52. The van der Waals surface area contributed by atoms with E-state index in [0.29, 0.717) is 11.8 Å². The van der Waals surface area contributed by atoms with Gasteiger partial charge in [0.2, 0.25) is 0 Å². The Morgan fingerprint density at radius 3 is 2.63 bits per heavy atom. The molecule has 1 aliphatic rings. The molecule has 0 spiro atoms. The van der Waals surface area contributed by atoms with E-state index in [0.717, 1.165) is 30.8 Å². The Morgan fingerprint density at radius 1 is 0.963 bits per heavy atom. The van der Waals surface area contributed by atoms with Gasteiger partial charge in [-0.15, -0.1) is 0 Å². The Kier molecular flexibility index (Phi) is 5.64. The van der Waals surface area contributed by atoms with Crippen LogP contribution in [0.15, 0.2) is 72.8 Å². The van der Waals surface area contributed by atoms with E-state index >= 15 is 0 Å². The van der Waals surface area contributed by atoms with Crippen LogP contribution in [0.25, 0.3) is 10.8 Å². The molecule has 1 N–H and O–H groups in total. The minimum Gasteiger partial charge on any atom is -0.334 e. The maximum absolute atomic E-state index is 12.7. The summed E-state index contributed by atoms with van der Waals surface area (Å²) >= 11 is 1.95. The molecule has 0 saturated carbocycles. The van der Waals surface area contributed by atoms with Gasteiger partial charge in [-0.2, -0.15) is 11.8 Å². The molecule has 1 heterocycles. The Labute approximate surface area is 164 Å². The summed E-state index contributed by atoms with van der Waals surface area (Å²) in [5.74, 6) is 0.973. The Morgan fingerprint density at radius 2 is 1.74 bits per heavy atom. The lowest BCUT2D eigenvalue weighted by atomic mass is 10.0. The summed E-state index contributed by atoms with van der Waals surface area (Å²) < 4.78 is 0. The topological polar surface area (TPSA) is 32.3 Å². The van der Waals surface area contributed by atoms with Crippen molar-refractivity contribution in [1.82, 2.24) is 10.2 Å². The predicted molar refractivity (Wildman–Crippen MR) is 114 cm³/mol. The Bertz CT molecular complexity index is 907. The highest BCUT2D eigenvalue weighted by atomic mass is 32.2. The van der Waals surface area contributed by atoms with Crippen molar-refractivity contribution in [3.8, 4) is 0 Å². The lowest BCUT2D eigenvalue weighted by Gasteiger charge is -2.21. The summed E-state index contributed by atoms with van der Waals surface area (Å²) in [7, 11) is 0. The molecular formula is C23H24N2OS. The molecule has 1 fully saturated rings. The van der Waals surface area contributed by atoms with Crippen molar-refractivity contribution >= 4 is 28.6 Å². The highest BCUT2D eigenvalue weighted by molar-refractivity contribution is 7.99. The first-order valence-electron chi connectivity index (χ1n) is 9.47. The summed E-state index contributed by atoms with van der Waals surface area (Å²) in [6.45, 7) is 2.16. The molecule has 1 aliphatic heterocycles. The Hall–Kier alpha value is -2.46. The highest BCUT2D eigenvalue weighted by Crippen LogP contribution is 2.34. The maximum atomic E-state index is 12.7. The first-order chi connectivity index (χ1) is 13.3. The van der Waals surface area contributed by atoms with Gasteiger partial charge in [0, 0.05) is 30.6 Å². The van der Waals surface area contributed by atoms with Crippen LogP contribution in [0.4, 0.5) is 4.79 Å². The summed E-state index contributed by atoms with van der Waals surface area (Å²) in [6, 6.07) is 25.2. The van der Waals surface area contributed by atoms with Gasteiger partial charge in [-0.05, 0) is 28.3 Å². The van der Waals surface area contributed by atoms with E-state index in [4.69, 9.17) is 0 Å². The Balaban J connectivity index is 1.37. The molecule has 2 amide bonds. The van der Waals surface area contributed by atoms with Crippen LogP contribution < -0.4 is 5.32 Å². The molecule has 3 aromatic rings. The second kappa shape index (κ2) is 8.49. The number of fused-ring (bicyclic) bond motifs is 1. The van der Waals surface area contributed by atoms with E-state index in [1.807, 2.05) is 28.8 Å². The quantitative estimate of drug-likeness (QED) is 0.679. The molecule has 138 valence electrons. The fourth-order valence-electron chi connectivity index (χ4n) is 3.64. The maximum Gasteiger partial charge on any atom is 0.317 e. The van der Waals surface area contributed by atoms with Crippen LogP contribution in [-0.4, -0.2) is 29.8 Å². The SMILES string of the molecule is O=C(NCc1cccc2ccccc12)N1CCSC(c2ccccc2)CC1. The van der Waals surface area contributed by atoms with Crippen LogP contribution >= 0.6 is 11.8 Å². The zero-order valence-electron chi connectivity index (χ0n) is 15.3. The van der Waals surface area contributed by atoms with Crippen molar-refractivity contribution in [2.45, 2.75) is 18.2 Å². The summed E-state index contributed by atoms with van der Waals surface area (Å²) in [4.78, 5) is 14.7. The van der Waals surface area contributed by atoms with Crippen LogP contribution in [0.2, 0.25) is 0 Å². The van der Waals surface area contributed by atoms with Crippen LogP contribution in [0.1, 0.15) is 22.8 Å². The fraction of sp³-hybridized carbons (Fsp3) is 0.261. The van der Waals surface area contributed by atoms with Gasteiger partial charge in [0.1, 0.15) is 0 Å². The third-order valence-electron chi connectivity index (χ3n) is 5.11. The number of rotatable bonds is 3. The van der Waals surface area contributed by atoms with Gasteiger partial charge in [-0.25, -0.2) is 4.79 Å². The molecule has 0 bridgehead atoms. The van der Waals surface area contributed by atoms with Gasteiger partial charge in [0.25, 0.3) is 0 Å². The van der Waals surface area contributed by atoms with Crippen molar-refractivity contribution in [3.63, 3.8) is 0 Å². The fourth-order valence-corrected chi connectivity index (χ4v) is 4.87. The molecule has 3 nitrogen and oxygen atoms in total. The zero-order valence-corrected chi connectivity index (χ0v) is 16.1. The largest absolute Gasteiger partial charge is 0.334 e. The average molecular weight is 377 g/mol. The monoisotopic (exact) mass is 376 g/mol. The van der Waals surface area contributed by atoms with E-state index in [9.17, 15) is 4.79 Å². The van der Waals surface area contributed by atoms with Crippen LogP contribution in [0, 0.1) is 0 Å². The molecule has 0 aromatic heterocycles. The lowest BCUT2D eigenvalue weighted by Crippen LogP contribution is -2.40. The van der Waals surface area contributed by atoms with Crippen LogP contribution in [-0.2, 0) is 6.54 Å². The number of benzene rings is 3. The normalized spacial score (nSPS) is 17.5. The number of carbonyl (C=O) groups excluding carboxylic acids is 1. The average Bonchev–Trinajstić information content (AvgIpc) is 2.99. The number of thioether (sulfide) groups is 1. The molecule has 4 rings (SSSR count). The van der Waals surface area contributed by atoms with Crippen molar-refractivity contribution in [2.75, 3.05) is 18.8 Å². The number of hydrogen-bond acceptors (Lipinski definition) is 2. The number of hydrogen-bond donors (Lipinski definition) is 1. The molecule has 27 heavy (non-hydrogen) atoms. The van der Waals surface area contributed by atoms with Crippen molar-refractivity contribution < 1.29 is 4.79 Å². The van der Waals surface area contributed by atoms with Gasteiger partial charge in [-0.3, -0.25) is 0 Å². The minimum atomic E-state index is 0.0391. The number of nitrogens with zero attached hydrogens (tertiary/aromatic N) is 1. The first-order valence-corrected chi connectivity index (χ1v) is 10.5. The highest BCUT2D eigenvalue weighted by Gasteiger charge is 2.21. The van der Waals surface area contributed by atoms with Gasteiger partial charge in [-0.1, -0.05) is 72.8 Å². The van der Waals surface area contributed by atoms with Gasteiger partial charge in [0.15, 0.2) is 0 Å². The summed E-state index contributed by atoms with van der Waals surface area (Å²) in [5, 5.41) is 6.01. The molecule has 1 saturated heterocycles. The standard InChI is InChI=1S/C23H24N2OS/c26-23(24-17-20-11-6-10-18-7-4-5-12-21(18)20)25-14-13-22(27-16-15-25)19-8-2-1-3-9-19/h1-12,22H,13-17H2,(H,24,26). The molecule has 4 heteroatoms. The smallest absolute Gasteiger partial charge is 0.317 e. The molecule has 0 aliphatic carbocycles.